The van der Waals surface area contributed by atoms with E-state index in [1.807, 2.05) is 0 Å². The molecule has 6 heteroatoms. The van der Waals surface area contributed by atoms with E-state index >= 15 is 0 Å². The highest BCUT2D eigenvalue weighted by Gasteiger charge is 2.48. The lowest BCUT2D eigenvalue weighted by atomic mass is 9.70. The van der Waals surface area contributed by atoms with E-state index in [1.165, 1.54) is 4.90 Å². The SMILES string of the molecule is CC1CCC(CN)(C(=O)N2CC(O)CC2C(=O)O)CC1. The first kappa shape index (κ1) is 15.3. The van der Waals surface area contributed by atoms with Gasteiger partial charge in [-0.2, -0.15) is 0 Å². The van der Waals surface area contributed by atoms with Crippen LogP contribution in [0.4, 0.5) is 0 Å². The van der Waals surface area contributed by atoms with Gasteiger partial charge in [0.05, 0.1) is 11.5 Å². The highest BCUT2D eigenvalue weighted by molar-refractivity contribution is 5.88. The van der Waals surface area contributed by atoms with Crippen LogP contribution in [0.3, 0.4) is 0 Å². The summed E-state index contributed by atoms with van der Waals surface area (Å²) < 4.78 is 0. The van der Waals surface area contributed by atoms with Crippen molar-refractivity contribution in [2.45, 2.75) is 51.2 Å². The zero-order chi connectivity index (χ0) is 14.9. The van der Waals surface area contributed by atoms with Crippen LogP contribution in [0, 0.1) is 11.3 Å². The molecule has 2 unspecified atom stereocenters. The Kier molecular flexibility index (Phi) is 4.34. The van der Waals surface area contributed by atoms with Gasteiger partial charge in [-0.05, 0) is 31.6 Å². The largest absolute Gasteiger partial charge is 0.480 e. The van der Waals surface area contributed by atoms with Crippen molar-refractivity contribution >= 4 is 11.9 Å². The molecule has 1 saturated carbocycles. The van der Waals surface area contributed by atoms with Gasteiger partial charge in [-0.1, -0.05) is 6.92 Å². The number of carboxylic acid groups (broad SMARTS) is 1. The van der Waals surface area contributed by atoms with Crippen molar-refractivity contribution in [1.29, 1.82) is 0 Å². The van der Waals surface area contributed by atoms with Crippen molar-refractivity contribution in [3.63, 3.8) is 0 Å². The summed E-state index contributed by atoms with van der Waals surface area (Å²) in [6, 6.07) is -0.916. The Bertz CT molecular complexity index is 391. The zero-order valence-corrected chi connectivity index (χ0v) is 11.9. The van der Waals surface area contributed by atoms with Gasteiger partial charge in [-0.15, -0.1) is 0 Å². The third-order valence-electron chi connectivity index (χ3n) is 4.90. The summed E-state index contributed by atoms with van der Waals surface area (Å²) >= 11 is 0. The van der Waals surface area contributed by atoms with Crippen molar-refractivity contribution < 1.29 is 19.8 Å². The van der Waals surface area contributed by atoms with Crippen molar-refractivity contribution in [3.8, 4) is 0 Å². The van der Waals surface area contributed by atoms with Crippen LogP contribution in [-0.2, 0) is 9.59 Å². The van der Waals surface area contributed by atoms with Crippen LogP contribution in [0.25, 0.3) is 0 Å². The number of aliphatic hydroxyl groups is 1. The molecule has 2 atom stereocenters. The number of carboxylic acids is 1. The molecule has 0 spiro atoms. The van der Waals surface area contributed by atoms with E-state index in [9.17, 15) is 19.8 Å². The second-order valence-electron chi connectivity index (χ2n) is 6.37. The summed E-state index contributed by atoms with van der Waals surface area (Å²) in [6.45, 7) is 2.51. The lowest BCUT2D eigenvalue weighted by molar-refractivity contribution is -0.154. The van der Waals surface area contributed by atoms with Crippen LogP contribution in [-0.4, -0.2) is 52.2 Å². The lowest BCUT2D eigenvalue weighted by Gasteiger charge is -2.40. The molecule has 0 radical (unpaired) electrons. The van der Waals surface area contributed by atoms with Crippen LogP contribution in [0.5, 0.6) is 0 Å². The average molecular weight is 284 g/mol. The average Bonchev–Trinajstić information content (AvgIpc) is 2.81. The third kappa shape index (κ3) is 2.67. The maximum absolute atomic E-state index is 12.8. The number of nitrogens with zero attached hydrogens (tertiary/aromatic N) is 1. The summed E-state index contributed by atoms with van der Waals surface area (Å²) in [6.07, 6.45) is 2.66. The Balaban J connectivity index is 2.18. The number of carbonyl (C=O) groups is 2. The van der Waals surface area contributed by atoms with E-state index in [2.05, 4.69) is 6.92 Å². The second kappa shape index (κ2) is 5.69. The first-order valence-corrected chi connectivity index (χ1v) is 7.31. The van der Waals surface area contributed by atoms with Gasteiger partial charge in [0.25, 0.3) is 0 Å². The summed E-state index contributed by atoms with van der Waals surface area (Å²) in [5.74, 6) is -0.649. The number of hydrogen-bond acceptors (Lipinski definition) is 4. The number of hydrogen-bond donors (Lipinski definition) is 3. The number of aliphatic carboxylic acids is 1. The fourth-order valence-corrected chi connectivity index (χ4v) is 3.40. The minimum absolute atomic E-state index is 0.104. The van der Waals surface area contributed by atoms with Gasteiger partial charge < -0.3 is 20.8 Å². The zero-order valence-electron chi connectivity index (χ0n) is 11.9. The topological polar surface area (TPSA) is 104 Å². The predicted octanol–water partition coefficient (Wildman–Crippen LogP) is 0.188. The Hall–Kier alpha value is -1.14. The van der Waals surface area contributed by atoms with Gasteiger partial charge in [0.2, 0.25) is 5.91 Å². The molecule has 0 bridgehead atoms. The van der Waals surface area contributed by atoms with Crippen molar-refractivity contribution in [2.24, 2.45) is 17.1 Å². The van der Waals surface area contributed by atoms with Crippen LogP contribution >= 0.6 is 0 Å². The van der Waals surface area contributed by atoms with Crippen LogP contribution in [0.15, 0.2) is 0 Å². The molecule has 2 fully saturated rings. The molecule has 1 amide bonds. The third-order valence-corrected chi connectivity index (χ3v) is 4.90. The first-order chi connectivity index (χ1) is 9.39. The molecule has 1 aliphatic heterocycles. The van der Waals surface area contributed by atoms with Gasteiger partial charge in [0.1, 0.15) is 6.04 Å². The molecule has 2 aliphatic rings. The minimum atomic E-state index is -1.05. The summed E-state index contributed by atoms with van der Waals surface area (Å²) in [4.78, 5) is 25.4. The molecule has 6 nitrogen and oxygen atoms in total. The van der Waals surface area contributed by atoms with E-state index in [0.717, 1.165) is 12.8 Å². The fraction of sp³-hybridized carbons (Fsp3) is 0.857. The molecule has 1 saturated heterocycles. The molecule has 4 N–H and O–H groups in total. The number of β-amino-alcohol motifs (C(OH)–C–C–N with tert-alkyl or cyclic N) is 1. The number of aliphatic hydroxyl groups excluding tert-OH is 1. The molecule has 0 aromatic heterocycles. The predicted molar refractivity (Wildman–Crippen MR) is 72.9 cm³/mol. The van der Waals surface area contributed by atoms with Crippen LogP contribution in [0.2, 0.25) is 0 Å². The fourth-order valence-electron chi connectivity index (χ4n) is 3.40. The Morgan fingerprint density at radius 2 is 1.95 bits per heavy atom. The number of amides is 1. The molecular weight excluding hydrogens is 260 g/mol. The highest BCUT2D eigenvalue weighted by Crippen LogP contribution is 2.40. The van der Waals surface area contributed by atoms with Crippen LogP contribution < -0.4 is 5.73 Å². The quantitative estimate of drug-likeness (QED) is 0.686. The normalized spacial score (nSPS) is 38.0. The highest BCUT2D eigenvalue weighted by atomic mass is 16.4. The maximum Gasteiger partial charge on any atom is 0.326 e. The van der Waals surface area contributed by atoms with Crippen molar-refractivity contribution in [1.82, 2.24) is 4.90 Å². The van der Waals surface area contributed by atoms with E-state index in [1.54, 1.807) is 0 Å². The molecular formula is C14H24N2O4. The van der Waals surface area contributed by atoms with E-state index in [4.69, 9.17) is 5.73 Å². The number of carbonyl (C=O) groups excluding carboxylic acids is 1. The van der Waals surface area contributed by atoms with Crippen LogP contribution in [0.1, 0.15) is 39.0 Å². The van der Waals surface area contributed by atoms with Gasteiger partial charge >= 0.3 is 5.97 Å². The van der Waals surface area contributed by atoms with E-state index in [-0.39, 0.29) is 25.4 Å². The summed E-state index contributed by atoms with van der Waals surface area (Å²) in [5, 5.41) is 18.9. The van der Waals surface area contributed by atoms with Crippen molar-refractivity contribution in [2.75, 3.05) is 13.1 Å². The smallest absolute Gasteiger partial charge is 0.326 e. The van der Waals surface area contributed by atoms with E-state index in [0.29, 0.717) is 18.8 Å². The molecule has 2 rings (SSSR count). The number of nitrogens with two attached hydrogens (primary N) is 1. The Morgan fingerprint density at radius 1 is 1.35 bits per heavy atom. The molecule has 0 aromatic rings. The summed E-state index contributed by atoms with van der Waals surface area (Å²) in [5.41, 5.74) is 5.22. The van der Waals surface area contributed by atoms with Gasteiger partial charge in [-0.25, -0.2) is 4.79 Å². The molecule has 20 heavy (non-hydrogen) atoms. The molecule has 1 heterocycles. The molecule has 114 valence electrons. The Morgan fingerprint density at radius 3 is 2.45 bits per heavy atom. The Labute approximate surface area is 118 Å². The maximum atomic E-state index is 12.8. The van der Waals surface area contributed by atoms with Gasteiger partial charge in [-0.3, -0.25) is 4.79 Å². The molecule has 0 aromatic carbocycles. The van der Waals surface area contributed by atoms with Gasteiger partial charge in [0.15, 0.2) is 0 Å². The standard InChI is InChI=1S/C14H24N2O4/c1-9-2-4-14(8-15,5-3-9)13(20)16-7-10(17)6-11(16)12(18)19/h9-11,17H,2-8,15H2,1H3,(H,18,19). The monoisotopic (exact) mass is 284 g/mol. The first-order valence-electron chi connectivity index (χ1n) is 7.31. The number of likely N-dealkylation sites (tertiary alicyclic amines) is 1. The van der Waals surface area contributed by atoms with E-state index < -0.39 is 23.5 Å². The molecule has 1 aliphatic carbocycles. The van der Waals surface area contributed by atoms with Gasteiger partial charge in [0, 0.05) is 19.5 Å². The lowest BCUT2D eigenvalue weighted by Crippen LogP contribution is -2.52. The van der Waals surface area contributed by atoms with Crippen molar-refractivity contribution in [3.05, 3.63) is 0 Å². The second-order valence-corrected chi connectivity index (χ2v) is 6.37. The summed E-state index contributed by atoms with van der Waals surface area (Å²) in [7, 11) is 0. The number of rotatable bonds is 3. The minimum Gasteiger partial charge on any atom is -0.480 e.